The van der Waals surface area contributed by atoms with E-state index in [9.17, 15) is 5.11 Å². The molecule has 0 bridgehead atoms. The van der Waals surface area contributed by atoms with E-state index in [-0.39, 0.29) is 6.10 Å². The second-order valence-corrected chi connectivity index (χ2v) is 6.43. The van der Waals surface area contributed by atoms with Gasteiger partial charge in [-0.3, -0.25) is 0 Å². The van der Waals surface area contributed by atoms with Gasteiger partial charge in [-0.15, -0.1) is 0 Å². The van der Waals surface area contributed by atoms with Crippen molar-refractivity contribution in [2.24, 2.45) is 17.8 Å². The van der Waals surface area contributed by atoms with Crippen LogP contribution in [0.2, 0.25) is 0 Å². The molecule has 0 aromatic rings. The zero-order chi connectivity index (χ0) is 12.3. The lowest BCUT2D eigenvalue weighted by molar-refractivity contribution is 0.0265. The highest BCUT2D eigenvalue weighted by molar-refractivity contribution is 4.82. The molecule has 0 heterocycles. The Balaban J connectivity index is 1.74. The summed E-state index contributed by atoms with van der Waals surface area (Å²) >= 11 is 0. The van der Waals surface area contributed by atoms with E-state index < -0.39 is 0 Å². The molecule has 3 atom stereocenters. The van der Waals surface area contributed by atoms with Crippen LogP contribution in [0.3, 0.4) is 0 Å². The molecule has 0 aromatic carbocycles. The minimum atomic E-state index is -0.0401. The van der Waals surface area contributed by atoms with Crippen LogP contribution in [0.4, 0.5) is 0 Å². The standard InChI is InChI=1S/C15H29NO/c1-3-12-7-8-15(17)14(9-12)11-16(2)10-13-5-4-6-13/h12-15,17H,3-11H2,1-2H3. The highest BCUT2D eigenvalue weighted by Gasteiger charge is 2.29. The Morgan fingerprint density at radius 3 is 2.41 bits per heavy atom. The lowest BCUT2D eigenvalue weighted by atomic mass is 9.78. The zero-order valence-electron chi connectivity index (χ0n) is 11.6. The molecule has 2 heteroatoms. The molecule has 2 saturated carbocycles. The first-order valence-electron chi connectivity index (χ1n) is 7.55. The number of hydrogen-bond donors (Lipinski definition) is 1. The third-order valence-corrected chi connectivity index (χ3v) is 4.97. The van der Waals surface area contributed by atoms with Crippen LogP contribution in [0, 0.1) is 17.8 Å². The van der Waals surface area contributed by atoms with Gasteiger partial charge in [-0.05, 0) is 56.9 Å². The van der Waals surface area contributed by atoms with E-state index in [4.69, 9.17) is 0 Å². The van der Waals surface area contributed by atoms with Crippen molar-refractivity contribution >= 4 is 0 Å². The van der Waals surface area contributed by atoms with Gasteiger partial charge in [-0.25, -0.2) is 0 Å². The molecule has 2 rings (SSSR count). The molecule has 2 nitrogen and oxygen atoms in total. The summed E-state index contributed by atoms with van der Waals surface area (Å²) in [6.07, 6.45) is 9.04. The summed E-state index contributed by atoms with van der Waals surface area (Å²) in [4.78, 5) is 2.47. The summed E-state index contributed by atoms with van der Waals surface area (Å²) < 4.78 is 0. The Hall–Kier alpha value is -0.0800. The monoisotopic (exact) mass is 239 g/mol. The number of aliphatic hydroxyl groups is 1. The predicted molar refractivity (Wildman–Crippen MR) is 72.0 cm³/mol. The molecule has 3 unspecified atom stereocenters. The maximum absolute atomic E-state index is 10.1. The Kier molecular flexibility index (Phi) is 4.87. The third kappa shape index (κ3) is 3.69. The first-order chi connectivity index (χ1) is 8.19. The summed E-state index contributed by atoms with van der Waals surface area (Å²) in [5, 5.41) is 10.1. The van der Waals surface area contributed by atoms with Crippen molar-refractivity contribution in [1.29, 1.82) is 0 Å². The smallest absolute Gasteiger partial charge is 0.0580 e. The Morgan fingerprint density at radius 1 is 1.06 bits per heavy atom. The molecule has 2 aliphatic carbocycles. The molecule has 2 aliphatic rings. The molecular weight excluding hydrogens is 210 g/mol. The van der Waals surface area contributed by atoms with E-state index in [1.54, 1.807) is 0 Å². The van der Waals surface area contributed by atoms with Gasteiger partial charge in [0.15, 0.2) is 0 Å². The number of hydrogen-bond acceptors (Lipinski definition) is 2. The van der Waals surface area contributed by atoms with E-state index in [1.165, 1.54) is 45.1 Å². The second kappa shape index (κ2) is 6.19. The Labute approximate surface area is 106 Å². The molecule has 0 aliphatic heterocycles. The fourth-order valence-corrected chi connectivity index (χ4v) is 3.50. The van der Waals surface area contributed by atoms with Crippen LogP contribution in [-0.2, 0) is 0 Å². The molecule has 2 fully saturated rings. The van der Waals surface area contributed by atoms with Gasteiger partial charge >= 0.3 is 0 Å². The van der Waals surface area contributed by atoms with E-state index in [1.807, 2.05) is 0 Å². The van der Waals surface area contributed by atoms with Gasteiger partial charge in [0.2, 0.25) is 0 Å². The highest BCUT2D eigenvalue weighted by Crippen LogP contribution is 2.32. The first-order valence-corrected chi connectivity index (χ1v) is 7.55. The minimum Gasteiger partial charge on any atom is -0.393 e. The van der Waals surface area contributed by atoms with Gasteiger partial charge in [-0.2, -0.15) is 0 Å². The topological polar surface area (TPSA) is 23.5 Å². The quantitative estimate of drug-likeness (QED) is 0.797. The van der Waals surface area contributed by atoms with Gasteiger partial charge in [0.05, 0.1) is 6.10 Å². The molecule has 0 saturated heterocycles. The van der Waals surface area contributed by atoms with Gasteiger partial charge in [-0.1, -0.05) is 19.8 Å². The molecule has 0 spiro atoms. The normalized spacial score (nSPS) is 34.9. The predicted octanol–water partition coefficient (Wildman–Crippen LogP) is 2.91. The largest absolute Gasteiger partial charge is 0.393 e. The van der Waals surface area contributed by atoms with Crippen LogP contribution in [0.15, 0.2) is 0 Å². The van der Waals surface area contributed by atoms with E-state index in [0.29, 0.717) is 5.92 Å². The van der Waals surface area contributed by atoms with Crippen molar-refractivity contribution in [2.45, 2.75) is 58.0 Å². The van der Waals surface area contributed by atoms with Crippen molar-refractivity contribution in [3.05, 3.63) is 0 Å². The summed E-state index contributed by atoms with van der Waals surface area (Å²) in [7, 11) is 2.24. The fraction of sp³-hybridized carbons (Fsp3) is 1.00. The van der Waals surface area contributed by atoms with E-state index in [0.717, 1.165) is 24.8 Å². The van der Waals surface area contributed by atoms with Gasteiger partial charge in [0.25, 0.3) is 0 Å². The van der Waals surface area contributed by atoms with Crippen molar-refractivity contribution in [3.63, 3.8) is 0 Å². The number of aliphatic hydroxyl groups excluding tert-OH is 1. The summed E-state index contributed by atoms with van der Waals surface area (Å²) in [6, 6.07) is 0. The van der Waals surface area contributed by atoms with E-state index >= 15 is 0 Å². The molecule has 0 radical (unpaired) electrons. The van der Waals surface area contributed by atoms with Crippen molar-refractivity contribution in [3.8, 4) is 0 Å². The maximum Gasteiger partial charge on any atom is 0.0580 e. The summed E-state index contributed by atoms with van der Waals surface area (Å²) in [5.41, 5.74) is 0. The molecule has 100 valence electrons. The van der Waals surface area contributed by atoms with Crippen LogP contribution >= 0.6 is 0 Å². The van der Waals surface area contributed by atoms with Crippen molar-refractivity contribution < 1.29 is 5.11 Å². The lowest BCUT2D eigenvalue weighted by Crippen LogP contribution is -2.39. The van der Waals surface area contributed by atoms with Crippen LogP contribution in [-0.4, -0.2) is 36.2 Å². The van der Waals surface area contributed by atoms with Crippen molar-refractivity contribution in [1.82, 2.24) is 4.90 Å². The Bertz CT molecular complexity index is 227. The van der Waals surface area contributed by atoms with Gasteiger partial charge in [0, 0.05) is 13.1 Å². The fourth-order valence-electron chi connectivity index (χ4n) is 3.50. The summed E-state index contributed by atoms with van der Waals surface area (Å²) in [5.74, 6) is 2.34. The van der Waals surface area contributed by atoms with Crippen LogP contribution in [0.5, 0.6) is 0 Å². The second-order valence-electron chi connectivity index (χ2n) is 6.43. The van der Waals surface area contributed by atoms with Crippen LogP contribution in [0.25, 0.3) is 0 Å². The molecule has 17 heavy (non-hydrogen) atoms. The van der Waals surface area contributed by atoms with Crippen LogP contribution in [0.1, 0.15) is 51.9 Å². The number of nitrogens with zero attached hydrogens (tertiary/aromatic N) is 1. The van der Waals surface area contributed by atoms with Crippen molar-refractivity contribution in [2.75, 3.05) is 20.1 Å². The molecule has 0 aromatic heterocycles. The molecule has 0 amide bonds. The average molecular weight is 239 g/mol. The third-order valence-electron chi connectivity index (χ3n) is 4.97. The van der Waals surface area contributed by atoms with Crippen LogP contribution < -0.4 is 0 Å². The van der Waals surface area contributed by atoms with Gasteiger partial charge < -0.3 is 10.0 Å². The zero-order valence-corrected chi connectivity index (χ0v) is 11.6. The SMILES string of the molecule is CCC1CCC(O)C(CN(C)CC2CCC2)C1. The number of rotatable bonds is 5. The molecule has 1 N–H and O–H groups in total. The Morgan fingerprint density at radius 2 is 1.82 bits per heavy atom. The lowest BCUT2D eigenvalue weighted by Gasteiger charge is -2.37. The maximum atomic E-state index is 10.1. The molecular formula is C15H29NO. The first kappa shape index (κ1) is 13.4. The van der Waals surface area contributed by atoms with E-state index in [2.05, 4.69) is 18.9 Å². The minimum absolute atomic E-state index is 0.0401. The highest BCUT2D eigenvalue weighted by atomic mass is 16.3. The van der Waals surface area contributed by atoms with Gasteiger partial charge in [0.1, 0.15) is 0 Å². The summed E-state index contributed by atoms with van der Waals surface area (Å²) in [6.45, 7) is 4.64. The average Bonchev–Trinajstić information content (AvgIpc) is 2.27.